The van der Waals surface area contributed by atoms with E-state index in [1.54, 1.807) is 77.0 Å². The van der Waals surface area contributed by atoms with Crippen molar-refractivity contribution in [3.8, 4) is 0 Å². The van der Waals surface area contributed by atoms with Crippen molar-refractivity contribution in [1.29, 1.82) is 0 Å². The zero-order chi connectivity index (χ0) is 13.1. The summed E-state index contributed by atoms with van der Waals surface area (Å²) in [6, 6.07) is 0. The van der Waals surface area contributed by atoms with E-state index in [1.165, 1.54) is 41.4 Å². The van der Waals surface area contributed by atoms with Crippen molar-refractivity contribution in [3.63, 3.8) is 0 Å². The average molecular weight is 272 g/mol. The van der Waals surface area contributed by atoms with Crippen molar-refractivity contribution < 1.29 is 0 Å². The maximum Gasteiger partial charge on any atom is -0.0321 e. The lowest BCUT2D eigenvalue weighted by Crippen LogP contribution is -2.38. The molecule has 0 aromatic rings. The molecular formula is C20H32. The van der Waals surface area contributed by atoms with E-state index >= 15 is 0 Å². The number of hydrogen-bond donors (Lipinski definition) is 0. The van der Waals surface area contributed by atoms with Gasteiger partial charge in [0.1, 0.15) is 0 Å². The molecule has 5 aliphatic rings. The summed E-state index contributed by atoms with van der Waals surface area (Å²) >= 11 is 0. The van der Waals surface area contributed by atoms with E-state index in [9.17, 15) is 0 Å². The Labute approximate surface area is 125 Å². The molecular weight excluding hydrogens is 240 g/mol. The lowest BCUT2D eigenvalue weighted by molar-refractivity contribution is 0.0307. The first-order valence-electron chi connectivity index (χ1n) is 9.93. The van der Waals surface area contributed by atoms with Gasteiger partial charge < -0.3 is 0 Å². The van der Waals surface area contributed by atoms with Crippen LogP contribution in [0.25, 0.3) is 0 Å². The van der Waals surface area contributed by atoms with Gasteiger partial charge in [-0.2, -0.15) is 0 Å². The van der Waals surface area contributed by atoms with Gasteiger partial charge in [0.2, 0.25) is 0 Å². The lowest BCUT2D eigenvalue weighted by Gasteiger charge is -2.46. The van der Waals surface area contributed by atoms with Crippen LogP contribution < -0.4 is 0 Å². The second-order valence-corrected chi connectivity index (χ2v) is 9.05. The van der Waals surface area contributed by atoms with Crippen LogP contribution in [0, 0.1) is 47.3 Å². The van der Waals surface area contributed by atoms with Gasteiger partial charge in [0.25, 0.3) is 0 Å². The Kier molecular flexibility index (Phi) is 2.98. The molecule has 5 fully saturated rings. The standard InChI is InChI=1S/C20H32/c1-2-8-15-13(5-1)11-12-17-16-9-3-6-14-7-4-10-18(19(14)16)20(15)17/h13-20H,1-12H2. The Balaban J connectivity index is 1.50. The van der Waals surface area contributed by atoms with E-state index in [-0.39, 0.29) is 0 Å². The van der Waals surface area contributed by atoms with Crippen LogP contribution >= 0.6 is 0 Å². The highest BCUT2D eigenvalue weighted by molar-refractivity contribution is 5.07. The van der Waals surface area contributed by atoms with E-state index in [4.69, 9.17) is 0 Å². The Morgan fingerprint density at radius 1 is 0.350 bits per heavy atom. The first kappa shape index (κ1) is 12.5. The van der Waals surface area contributed by atoms with Crippen LogP contribution in [-0.2, 0) is 0 Å². The first-order chi connectivity index (χ1) is 9.93. The topological polar surface area (TPSA) is 0 Å². The monoisotopic (exact) mass is 272 g/mol. The molecule has 0 N–H and O–H groups in total. The van der Waals surface area contributed by atoms with E-state index in [0.29, 0.717) is 0 Å². The zero-order valence-corrected chi connectivity index (χ0v) is 13.1. The van der Waals surface area contributed by atoms with Crippen molar-refractivity contribution in [2.75, 3.05) is 0 Å². The molecule has 0 saturated heterocycles. The molecule has 0 radical (unpaired) electrons. The van der Waals surface area contributed by atoms with Crippen molar-refractivity contribution in [3.05, 3.63) is 0 Å². The summed E-state index contributed by atoms with van der Waals surface area (Å²) < 4.78 is 0. The molecule has 0 aliphatic heterocycles. The minimum atomic E-state index is 1.16. The molecule has 5 rings (SSSR count). The van der Waals surface area contributed by atoms with Crippen LogP contribution in [0.2, 0.25) is 0 Å². The number of rotatable bonds is 0. The third-order valence-electron chi connectivity index (χ3n) is 8.63. The highest BCUT2D eigenvalue weighted by Crippen LogP contribution is 2.65. The molecule has 0 nitrogen and oxygen atoms in total. The summed E-state index contributed by atoms with van der Waals surface area (Å²) in [5, 5.41) is 0. The van der Waals surface area contributed by atoms with Gasteiger partial charge in [-0.15, -0.1) is 0 Å². The molecule has 8 unspecified atom stereocenters. The van der Waals surface area contributed by atoms with Crippen molar-refractivity contribution in [2.45, 2.75) is 77.0 Å². The quantitative estimate of drug-likeness (QED) is 0.533. The molecule has 0 spiro atoms. The summed E-state index contributed by atoms with van der Waals surface area (Å²) in [5.74, 6) is 9.47. The van der Waals surface area contributed by atoms with Crippen LogP contribution in [0.3, 0.4) is 0 Å². The number of fused-ring (bicyclic) bond motifs is 5. The van der Waals surface area contributed by atoms with Gasteiger partial charge in [0.05, 0.1) is 0 Å². The van der Waals surface area contributed by atoms with Gasteiger partial charge >= 0.3 is 0 Å². The van der Waals surface area contributed by atoms with E-state index in [0.717, 1.165) is 5.92 Å². The van der Waals surface area contributed by atoms with Gasteiger partial charge in [-0.05, 0) is 79.4 Å². The van der Waals surface area contributed by atoms with E-state index < -0.39 is 0 Å². The number of hydrogen-bond acceptors (Lipinski definition) is 0. The second kappa shape index (κ2) is 4.75. The van der Waals surface area contributed by atoms with Crippen LogP contribution in [0.1, 0.15) is 77.0 Å². The van der Waals surface area contributed by atoms with Crippen LogP contribution in [0.5, 0.6) is 0 Å². The molecule has 0 heterocycles. The molecule has 0 amide bonds. The Morgan fingerprint density at radius 2 is 1.00 bits per heavy atom. The Hall–Kier alpha value is 0. The predicted molar refractivity (Wildman–Crippen MR) is 83.3 cm³/mol. The summed E-state index contributed by atoms with van der Waals surface area (Å²) in [4.78, 5) is 0. The summed E-state index contributed by atoms with van der Waals surface area (Å²) in [5.41, 5.74) is 0. The lowest BCUT2D eigenvalue weighted by atomic mass is 9.59. The average Bonchev–Trinajstić information content (AvgIpc) is 2.85. The second-order valence-electron chi connectivity index (χ2n) is 9.05. The summed E-state index contributed by atoms with van der Waals surface area (Å²) in [6.07, 6.45) is 19.2. The maximum absolute atomic E-state index is 1.64. The predicted octanol–water partition coefficient (Wildman–Crippen LogP) is 5.67. The minimum Gasteiger partial charge on any atom is -0.0530 e. The third-order valence-corrected chi connectivity index (χ3v) is 8.63. The molecule has 0 aromatic heterocycles. The molecule has 5 saturated carbocycles. The van der Waals surface area contributed by atoms with Gasteiger partial charge in [-0.1, -0.05) is 44.9 Å². The van der Waals surface area contributed by atoms with Gasteiger partial charge in [0, 0.05) is 0 Å². The van der Waals surface area contributed by atoms with Gasteiger partial charge in [0.15, 0.2) is 0 Å². The first-order valence-corrected chi connectivity index (χ1v) is 9.93. The Bertz CT molecular complexity index is 370. The molecule has 0 bridgehead atoms. The summed E-state index contributed by atoms with van der Waals surface area (Å²) in [7, 11) is 0. The normalized spacial score (nSPS) is 57.6. The smallest absolute Gasteiger partial charge is 0.0321 e. The van der Waals surface area contributed by atoms with Crippen LogP contribution in [0.15, 0.2) is 0 Å². The van der Waals surface area contributed by atoms with Crippen molar-refractivity contribution >= 4 is 0 Å². The molecule has 0 heteroatoms. The van der Waals surface area contributed by atoms with E-state index in [2.05, 4.69) is 0 Å². The fraction of sp³-hybridized carbons (Fsp3) is 1.00. The molecule has 8 atom stereocenters. The van der Waals surface area contributed by atoms with Gasteiger partial charge in [-0.3, -0.25) is 0 Å². The highest BCUT2D eigenvalue weighted by Gasteiger charge is 2.58. The zero-order valence-electron chi connectivity index (χ0n) is 13.1. The molecule has 20 heavy (non-hydrogen) atoms. The van der Waals surface area contributed by atoms with Crippen molar-refractivity contribution in [2.24, 2.45) is 47.3 Å². The van der Waals surface area contributed by atoms with Crippen LogP contribution in [-0.4, -0.2) is 0 Å². The van der Waals surface area contributed by atoms with Gasteiger partial charge in [-0.25, -0.2) is 0 Å². The fourth-order valence-corrected chi connectivity index (χ4v) is 8.26. The molecule has 5 aliphatic carbocycles. The van der Waals surface area contributed by atoms with E-state index in [1.807, 2.05) is 0 Å². The minimum absolute atomic E-state index is 1.16. The fourth-order valence-electron chi connectivity index (χ4n) is 8.26. The Morgan fingerprint density at radius 3 is 1.90 bits per heavy atom. The third kappa shape index (κ3) is 1.66. The highest BCUT2D eigenvalue weighted by atomic mass is 14.6. The molecule has 112 valence electrons. The maximum atomic E-state index is 1.64. The van der Waals surface area contributed by atoms with Crippen molar-refractivity contribution in [1.82, 2.24) is 0 Å². The summed E-state index contributed by atoms with van der Waals surface area (Å²) in [6.45, 7) is 0. The largest absolute Gasteiger partial charge is 0.0530 e. The molecule has 0 aromatic carbocycles. The SMILES string of the molecule is C1CCC2C(C1)CCC1C3CCCC4CCCC(C43)C21. The van der Waals surface area contributed by atoms with Crippen LogP contribution in [0.4, 0.5) is 0 Å².